The lowest BCUT2D eigenvalue weighted by atomic mass is 10.0. The van der Waals surface area contributed by atoms with Crippen molar-refractivity contribution in [1.82, 2.24) is 26.3 Å². The zero-order valence-corrected chi connectivity index (χ0v) is 20.5. The van der Waals surface area contributed by atoms with Gasteiger partial charge in [-0.1, -0.05) is 37.3 Å². The van der Waals surface area contributed by atoms with Crippen LogP contribution < -0.4 is 21.3 Å². The molecule has 3 rings (SSSR count). The molecule has 198 valence electrons. The van der Waals surface area contributed by atoms with Crippen molar-refractivity contribution in [3.05, 3.63) is 59.9 Å². The summed E-state index contributed by atoms with van der Waals surface area (Å²) in [5.41, 5.74) is 0.900. The third-order valence-corrected chi connectivity index (χ3v) is 5.93. The van der Waals surface area contributed by atoms with Crippen LogP contribution in [0.2, 0.25) is 0 Å². The summed E-state index contributed by atoms with van der Waals surface area (Å²) < 4.78 is 5.35. The second-order valence-electron chi connectivity index (χ2n) is 8.64. The molecule has 12 heteroatoms. The van der Waals surface area contributed by atoms with Crippen LogP contribution >= 0.6 is 0 Å². The SMILES string of the molecule is CC[C@@H]1NC(=O)[C@H](Cc2ccccc2)NC(=O)[C@H](CO)NC(=O)[C@H]([C@H](C)OC(=O)c2ccc[nH]2)NC1=O. The molecule has 0 spiro atoms. The van der Waals surface area contributed by atoms with E-state index in [0.717, 1.165) is 5.56 Å². The standard InChI is InChI=1S/C25H31N5O7/c1-3-16-21(32)30-20(14(2)37-25(36)17-10-7-11-26-17)24(35)29-19(13-31)23(34)28-18(22(33)27-16)12-15-8-5-4-6-9-15/h4-11,14,16,18-20,26,31H,3,12-13H2,1-2H3,(H,27,33)(H,28,34)(H,29,35)(H,30,32)/t14-,16-,18-,19-,20-/m0/s1. The van der Waals surface area contributed by atoms with Gasteiger partial charge in [-0.3, -0.25) is 19.2 Å². The summed E-state index contributed by atoms with van der Waals surface area (Å²) in [5.74, 6) is -3.68. The highest BCUT2D eigenvalue weighted by atomic mass is 16.5. The second kappa shape index (κ2) is 12.7. The van der Waals surface area contributed by atoms with E-state index in [0.29, 0.717) is 0 Å². The molecule has 1 saturated heterocycles. The predicted molar refractivity (Wildman–Crippen MR) is 131 cm³/mol. The summed E-state index contributed by atoms with van der Waals surface area (Å²) in [4.78, 5) is 67.3. The summed E-state index contributed by atoms with van der Waals surface area (Å²) in [5, 5.41) is 19.9. The highest BCUT2D eigenvalue weighted by molar-refractivity contribution is 5.98. The lowest BCUT2D eigenvalue weighted by Crippen LogP contribution is -2.64. The average molecular weight is 514 g/mol. The van der Waals surface area contributed by atoms with Crippen LogP contribution in [0.1, 0.15) is 36.3 Å². The molecule has 1 fully saturated rings. The van der Waals surface area contributed by atoms with E-state index in [9.17, 15) is 29.1 Å². The summed E-state index contributed by atoms with van der Waals surface area (Å²) in [6, 6.07) is 7.08. The van der Waals surface area contributed by atoms with Gasteiger partial charge in [-0.15, -0.1) is 0 Å². The van der Waals surface area contributed by atoms with Crippen molar-refractivity contribution in [2.24, 2.45) is 0 Å². The maximum atomic E-state index is 13.1. The van der Waals surface area contributed by atoms with E-state index in [1.807, 2.05) is 6.07 Å². The first-order chi connectivity index (χ1) is 17.7. The molecule has 12 nitrogen and oxygen atoms in total. The number of benzene rings is 1. The molecule has 6 N–H and O–H groups in total. The Kier molecular flexibility index (Phi) is 9.39. The van der Waals surface area contributed by atoms with E-state index >= 15 is 0 Å². The minimum Gasteiger partial charge on any atom is -0.455 e. The Hall–Kier alpha value is -4.19. The van der Waals surface area contributed by atoms with Crippen LogP contribution in [0.5, 0.6) is 0 Å². The fourth-order valence-electron chi connectivity index (χ4n) is 3.82. The smallest absolute Gasteiger partial charge is 0.355 e. The number of carbonyl (C=O) groups excluding carboxylic acids is 5. The van der Waals surface area contributed by atoms with E-state index in [-0.39, 0.29) is 18.5 Å². The molecule has 4 amide bonds. The number of aromatic nitrogens is 1. The van der Waals surface area contributed by atoms with Gasteiger partial charge in [0.05, 0.1) is 6.61 Å². The van der Waals surface area contributed by atoms with Crippen LogP contribution in [0.25, 0.3) is 0 Å². The van der Waals surface area contributed by atoms with Gasteiger partial charge in [-0.25, -0.2) is 4.79 Å². The highest BCUT2D eigenvalue weighted by Gasteiger charge is 2.37. The van der Waals surface area contributed by atoms with Crippen LogP contribution in [-0.2, 0) is 30.3 Å². The number of carbonyl (C=O) groups is 5. The molecule has 5 atom stereocenters. The van der Waals surface area contributed by atoms with Crippen LogP contribution in [-0.4, -0.2) is 76.6 Å². The van der Waals surface area contributed by atoms with Gasteiger partial charge in [0.2, 0.25) is 23.6 Å². The highest BCUT2D eigenvalue weighted by Crippen LogP contribution is 2.09. The zero-order valence-electron chi connectivity index (χ0n) is 20.5. The van der Waals surface area contributed by atoms with E-state index in [2.05, 4.69) is 26.3 Å². The molecular formula is C25H31N5O7. The maximum Gasteiger partial charge on any atom is 0.355 e. The maximum absolute atomic E-state index is 13.1. The van der Waals surface area contributed by atoms with Crippen molar-refractivity contribution >= 4 is 29.6 Å². The first kappa shape index (κ1) is 27.4. The molecule has 1 aromatic carbocycles. The van der Waals surface area contributed by atoms with E-state index in [1.165, 1.54) is 19.2 Å². The lowest BCUT2D eigenvalue weighted by molar-refractivity contribution is -0.138. The Morgan fingerprint density at radius 2 is 1.49 bits per heavy atom. The normalized spacial score (nSPS) is 23.9. The van der Waals surface area contributed by atoms with Crippen molar-refractivity contribution in [1.29, 1.82) is 0 Å². The summed E-state index contributed by atoms with van der Waals surface area (Å²) >= 11 is 0. The minimum absolute atomic E-state index is 0.122. The molecule has 0 radical (unpaired) electrons. The van der Waals surface area contributed by atoms with Crippen molar-refractivity contribution in [2.45, 2.75) is 57.0 Å². The first-order valence-electron chi connectivity index (χ1n) is 11.9. The van der Waals surface area contributed by atoms with Crippen LogP contribution in [0.15, 0.2) is 48.7 Å². The van der Waals surface area contributed by atoms with Crippen LogP contribution in [0, 0.1) is 0 Å². The van der Waals surface area contributed by atoms with Gasteiger partial charge in [-0.2, -0.15) is 0 Å². The fraction of sp³-hybridized carbons (Fsp3) is 0.400. The van der Waals surface area contributed by atoms with E-state index in [1.54, 1.807) is 37.3 Å². The van der Waals surface area contributed by atoms with Crippen LogP contribution in [0.3, 0.4) is 0 Å². The second-order valence-corrected chi connectivity index (χ2v) is 8.64. The fourth-order valence-corrected chi connectivity index (χ4v) is 3.82. The average Bonchev–Trinajstić information content (AvgIpc) is 3.43. The number of amides is 4. The Labute approximate surface area is 213 Å². The molecule has 0 aliphatic carbocycles. The quantitative estimate of drug-likeness (QED) is 0.261. The van der Waals surface area contributed by atoms with Crippen molar-refractivity contribution in [3.63, 3.8) is 0 Å². The zero-order chi connectivity index (χ0) is 26.9. The van der Waals surface area contributed by atoms with Crippen molar-refractivity contribution < 1.29 is 33.8 Å². The Balaban J connectivity index is 1.86. The molecule has 0 saturated carbocycles. The number of aliphatic hydroxyl groups excluding tert-OH is 1. The van der Waals surface area contributed by atoms with E-state index < -0.39 is 66.5 Å². The molecule has 0 unspecified atom stereocenters. The number of aromatic amines is 1. The topological polar surface area (TPSA) is 179 Å². The number of nitrogens with one attached hydrogen (secondary N) is 5. The molecule has 37 heavy (non-hydrogen) atoms. The van der Waals surface area contributed by atoms with Crippen molar-refractivity contribution in [2.75, 3.05) is 6.61 Å². The molecule has 1 aromatic heterocycles. The first-order valence-corrected chi connectivity index (χ1v) is 11.9. The number of aliphatic hydroxyl groups is 1. The van der Waals surface area contributed by atoms with Gasteiger partial charge in [0.1, 0.15) is 36.0 Å². The molecule has 2 aromatic rings. The van der Waals surface area contributed by atoms with Crippen LogP contribution in [0.4, 0.5) is 0 Å². The van der Waals surface area contributed by atoms with Gasteiger partial charge < -0.3 is 36.1 Å². The Bertz CT molecular complexity index is 1100. The number of esters is 1. The van der Waals surface area contributed by atoms with Gasteiger partial charge in [0, 0.05) is 12.6 Å². The van der Waals surface area contributed by atoms with Gasteiger partial charge in [0.25, 0.3) is 0 Å². The number of hydrogen-bond acceptors (Lipinski definition) is 7. The van der Waals surface area contributed by atoms with Crippen molar-refractivity contribution in [3.8, 4) is 0 Å². The summed E-state index contributed by atoms with van der Waals surface area (Å²) in [6.45, 7) is 2.31. The molecular weight excluding hydrogens is 482 g/mol. The van der Waals surface area contributed by atoms with Gasteiger partial charge >= 0.3 is 5.97 Å². The largest absolute Gasteiger partial charge is 0.455 e. The number of H-pyrrole nitrogens is 1. The predicted octanol–water partition coefficient (Wildman–Crippen LogP) is -0.842. The third-order valence-electron chi connectivity index (χ3n) is 5.93. The lowest BCUT2D eigenvalue weighted by Gasteiger charge is -2.30. The van der Waals surface area contributed by atoms with E-state index in [4.69, 9.17) is 4.74 Å². The third kappa shape index (κ3) is 7.17. The summed E-state index contributed by atoms with van der Waals surface area (Å²) in [7, 11) is 0. The number of hydrogen-bond donors (Lipinski definition) is 6. The Morgan fingerprint density at radius 3 is 2.11 bits per heavy atom. The molecule has 2 heterocycles. The number of ether oxygens (including phenoxy) is 1. The van der Waals surface area contributed by atoms with Gasteiger partial charge in [-0.05, 0) is 31.0 Å². The molecule has 0 bridgehead atoms. The summed E-state index contributed by atoms with van der Waals surface area (Å²) in [6.07, 6.45) is 0.671. The number of rotatable bonds is 7. The minimum atomic E-state index is -1.43. The monoisotopic (exact) mass is 513 g/mol. The van der Waals surface area contributed by atoms with Gasteiger partial charge in [0.15, 0.2) is 0 Å². The Morgan fingerprint density at radius 1 is 0.865 bits per heavy atom. The molecule has 1 aliphatic heterocycles. The molecule has 1 aliphatic rings.